The molecule has 1 unspecified atom stereocenters. The first-order valence-corrected chi connectivity index (χ1v) is 5.76. The first-order valence-electron chi connectivity index (χ1n) is 5.76. The van der Waals surface area contributed by atoms with E-state index < -0.39 is 0 Å². The number of nitrogens with zero attached hydrogens (tertiary/aromatic N) is 1. The molecular formula is C12H19N3O. The second-order valence-corrected chi connectivity index (χ2v) is 4.39. The van der Waals surface area contributed by atoms with Crippen molar-refractivity contribution >= 4 is 0 Å². The molecule has 1 aromatic rings. The lowest BCUT2D eigenvalue weighted by Gasteiger charge is -2.30. The third-order valence-electron chi connectivity index (χ3n) is 3.17. The smallest absolute Gasteiger partial charge is 0.0505 e. The summed E-state index contributed by atoms with van der Waals surface area (Å²) in [7, 11) is 0. The molecule has 0 spiro atoms. The van der Waals surface area contributed by atoms with Gasteiger partial charge in [-0.15, -0.1) is 0 Å². The molecule has 3 N–H and O–H groups in total. The van der Waals surface area contributed by atoms with Gasteiger partial charge in [-0.2, -0.15) is 0 Å². The van der Waals surface area contributed by atoms with Crippen LogP contribution in [0.3, 0.4) is 0 Å². The molecular weight excluding hydrogens is 202 g/mol. The van der Waals surface area contributed by atoms with Gasteiger partial charge < -0.3 is 4.74 Å². The van der Waals surface area contributed by atoms with Crippen LogP contribution >= 0.6 is 0 Å². The summed E-state index contributed by atoms with van der Waals surface area (Å²) in [5.74, 6) is 6.21. The molecule has 1 fully saturated rings. The Hall–Kier alpha value is -0.970. The van der Waals surface area contributed by atoms with Gasteiger partial charge in [-0.3, -0.25) is 16.3 Å². The highest BCUT2D eigenvalue weighted by Crippen LogP contribution is 2.29. The highest BCUT2D eigenvalue weighted by atomic mass is 16.5. The van der Waals surface area contributed by atoms with Crippen molar-refractivity contribution in [1.29, 1.82) is 0 Å². The van der Waals surface area contributed by atoms with Gasteiger partial charge in [0, 0.05) is 25.6 Å². The molecule has 4 heteroatoms. The van der Waals surface area contributed by atoms with E-state index in [0.717, 1.165) is 26.1 Å². The molecule has 0 bridgehead atoms. The zero-order valence-corrected chi connectivity index (χ0v) is 9.65. The normalized spacial score (nSPS) is 19.6. The second-order valence-electron chi connectivity index (χ2n) is 4.39. The first kappa shape index (κ1) is 11.5. The summed E-state index contributed by atoms with van der Waals surface area (Å²) in [5.41, 5.74) is 5.27. The van der Waals surface area contributed by atoms with Crippen molar-refractivity contribution in [3.8, 4) is 0 Å². The van der Waals surface area contributed by atoms with Crippen LogP contribution in [0.4, 0.5) is 0 Å². The van der Waals surface area contributed by atoms with Crippen LogP contribution < -0.4 is 11.3 Å². The minimum Gasteiger partial charge on any atom is -0.381 e. The lowest BCUT2D eigenvalue weighted by atomic mass is 9.88. The van der Waals surface area contributed by atoms with E-state index in [1.807, 2.05) is 19.3 Å². The summed E-state index contributed by atoms with van der Waals surface area (Å²) in [6.07, 6.45) is 5.87. The Labute approximate surface area is 96.2 Å². The molecule has 1 aromatic heterocycles. The standard InChI is InChI=1S/C12H19N3O/c1-9-6-11(8-14-7-9)12(15-13)10-2-4-16-5-3-10/h6-8,10,12,15H,2-5,13H2,1H3. The van der Waals surface area contributed by atoms with Crippen LogP contribution in [0, 0.1) is 12.8 Å². The van der Waals surface area contributed by atoms with Gasteiger partial charge >= 0.3 is 0 Å². The fraction of sp³-hybridized carbons (Fsp3) is 0.583. The van der Waals surface area contributed by atoms with Crippen LogP contribution in [0.15, 0.2) is 18.5 Å². The van der Waals surface area contributed by atoms with Crippen molar-refractivity contribution in [2.45, 2.75) is 25.8 Å². The summed E-state index contributed by atoms with van der Waals surface area (Å²) < 4.78 is 5.37. The quantitative estimate of drug-likeness (QED) is 0.597. The van der Waals surface area contributed by atoms with Crippen molar-refractivity contribution in [2.75, 3.05) is 13.2 Å². The molecule has 1 saturated heterocycles. The van der Waals surface area contributed by atoms with Gasteiger partial charge in [0.1, 0.15) is 0 Å². The fourth-order valence-corrected chi connectivity index (χ4v) is 2.30. The molecule has 0 aliphatic carbocycles. The zero-order chi connectivity index (χ0) is 11.4. The van der Waals surface area contributed by atoms with Crippen molar-refractivity contribution < 1.29 is 4.74 Å². The van der Waals surface area contributed by atoms with Gasteiger partial charge in [-0.25, -0.2) is 0 Å². The maximum absolute atomic E-state index is 5.67. The van der Waals surface area contributed by atoms with E-state index in [9.17, 15) is 0 Å². The number of pyridine rings is 1. The Kier molecular flexibility index (Phi) is 3.88. The molecule has 4 nitrogen and oxygen atoms in total. The summed E-state index contributed by atoms with van der Waals surface area (Å²) in [6, 6.07) is 2.34. The monoisotopic (exact) mass is 221 g/mol. The minimum atomic E-state index is 0.191. The Morgan fingerprint density at radius 2 is 2.19 bits per heavy atom. The topological polar surface area (TPSA) is 60.2 Å². The second kappa shape index (κ2) is 5.39. The Bertz CT molecular complexity index is 337. The molecule has 0 aromatic carbocycles. The number of nitrogens with one attached hydrogen (secondary N) is 1. The number of aromatic nitrogens is 1. The van der Waals surface area contributed by atoms with Gasteiger partial charge in [0.25, 0.3) is 0 Å². The molecule has 88 valence electrons. The summed E-state index contributed by atoms with van der Waals surface area (Å²) in [5, 5.41) is 0. The lowest BCUT2D eigenvalue weighted by Crippen LogP contribution is -2.36. The summed E-state index contributed by atoms with van der Waals surface area (Å²) in [4.78, 5) is 4.22. The number of rotatable bonds is 3. The first-order chi connectivity index (χ1) is 7.81. The third kappa shape index (κ3) is 2.58. The Morgan fingerprint density at radius 1 is 1.44 bits per heavy atom. The number of hydrogen-bond acceptors (Lipinski definition) is 4. The molecule has 1 aliphatic heterocycles. The maximum atomic E-state index is 5.67. The van der Waals surface area contributed by atoms with Gasteiger partial charge in [-0.05, 0) is 36.8 Å². The van der Waals surface area contributed by atoms with Gasteiger partial charge in [0.15, 0.2) is 0 Å². The highest BCUT2D eigenvalue weighted by molar-refractivity contribution is 5.20. The van der Waals surface area contributed by atoms with Crippen molar-refractivity contribution in [3.63, 3.8) is 0 Å². The number of hydrogen-bond donors (Lipinski definition) is 2. The van der Waals surface area contributed by atoms with Gasteiger partial charge in [0.05, 0.1) is 6.04 Å². The van der Waals surface area contributed by atoms with E-state index in [2.05, 4.69) is 16.5 Å². The Balaban J connectivity index is 2.14. The van der Waals surface area contributed by atoms with Gasteiger partial charge in [0.2, 0.25) is 0 Å². The number of nitrogens with two attached hydrogens (primary N) is 1. The molecule has 0 saturated carbocycles. The molecule has 1 aliphatic rings. The average molecular weight is 221 g/mol. The van der Waals surface area contributed by atoms with Crippen molar-refractivity contribution in [2.24, 2.45) is 11.8 Å². The van der Waals surface area contributed by atoms with Crippen LogP contribution in [-0.2, 0) is 4.74 Å². The predicted octanol–water partition coefficient (Wildman–Crippen LogP) is 1.32. The molecule has 1 atom stereocenters. The molecule has 0 radical (unpaired) electrons. The fourth-order valence-electron chi connectivity index (χ4n) is 2.30. The van der Waals surface area contributed by atoms with Crippen LogP contribution in [0.2, 0.25) is 0 Å². The molecule has 2 heterocycles. The van der Waals surface area contributed by atoms with Crippen LogP contribution in [0.25, 0.3) is 0 Å². The number of aryl methyl sites for hydroxylation is 1. The lowest BCUT2D eigenvalue weighted by molar-refractivity contribution is 0.0536. The predicted molar refractivity (Wildman–Crippen MR) is 62.6 cm³/mol. The van der Waals surface area contributed by atoms with E-state index in [1.165, 1.54) is 11.1 Å². The Morgan fingerprint density at radius 3 is 2.81 bits per heavy atom. The zero-order valence-electron chi connectivity index (χ0n) is 9.65. The molecule has 0 amide bonds. The SMILES string of the molecule is Cc1cncc(C(NN)C2CCOCC2)c1. The highest BCUT2D eigenvalue weighted by Gasteiger charge is 2.24. The van der Waals surface area contributed by atoms with Crippen molar-refractivity contribution in [3.05, 3.63) is 29.6 Å². The molecule has 2 rings (SSSR count). The maximum Gasteiger partial charge on any atom is 0.0505 e. The summed E-state index contributed by atoms with van der Waals surface area (Å²) in [6.45, 7) is 3.72. The third-order valence-corrected chi connectivity index (χ3v) is 3.17. The van der Waals surface area contributed by atoms with E-state index in [-0.39, 0.29) is 6.04 Å². The molecule has 16 heavy (non-hydrogen) atoms. The van der Waals surface area contributed by atoms with E-state index in [1.54, 1.807) is 0 Å². The van der Waals surface area contributed by atoms with Crippen LogP contribution in [0.1, 0.15) is 30.0 Å². The van der Waals surface area contributed by atoms with Crippen LogP contribution in [0.5, 0.6) is 0 Å². The van der Waals surface area contributed by atoms with E-state index in [4.69, 9.17) is 10.6 Å². The van der Waals surface area contributed by atoms with Crippen LogP contribution in [-0.4, -0.2) is 18.2 Å². The van der Waals surface area contributed by atoms with E-state index in [0.29, 0.717) is 5.92 Å². The van der Waals surface area contributed by atoms with E-state index >= 15 is 0 Å². The minimum absolute atomic E-state index is 0.191. The van der Waals surface area contributed by atoms with Gasteiger partial charge in [-0.1, -0.05) is 6.07 Å². The largest absolute Gasteiger partial charge is 0.381 e. The average Bonchev–Trinajstić information content (AvgIpc) is 2.31. The number of hydrazine groups is 1. The summed E-state index contributed by atoms with van der Waals surface area (Å²) >= 11 is 0. The van der Waals surface area contributed by atoms with Crippen molar-refractivity contribution in [1.82, 2.24) is 10.4 Å². The number of ether oxygens (including phenoxy) is 1.